The van der Waals surface area contributed by atoms with Crippen LogP contribution in [0.15, 0.2) is 23.0 Å². The highest BCUT2D eigenvalue weighted by Gasteiger charge is 2.35. The maximum absolute atomic E-state index is 13.2. The Labute approximate surface area is 135 Å². The minimum atomic E-state index is 0.0547. The van der Waals surface area contributed by atoms with Crippen molar-refractivity contribution in [1.29, 1.82) is 0 Å². The van der Waals surface area contributed by atoms with Crippen LogP contribution in [-0.2, 0) is 12.8 Å². The number of carbonyl (C=O) groups excluding carboxylic acids is 1. The van der Waals surface area contributed by atoms with Crippen molar-refractivity contribution in [3.05, 3.63) is 46.9 Å². The molecule has 1 atom stereocenters. The minimum absolute atomic E-state index is 0.0547. The topological polar surface area (TPSA) is 59.2 Å². The first-order chi connectivity index (χ1) is 11.3. The minimum Gasteiger partial charge on any atom is -0.465 e. The Kier molecular flexibility index (Phi) is 3.63. The molecule has 1 aliphatic carbocycles. The lowest BCUT2D eigenvalue weighted by Gasteiger charge is -2.25. The van der Waals surface area contributed by atoms with Crippen molar-refractivity contribution in [2.75, 3.05) is 6.54 Å². The zero-order valence-electron chi connectivity index (χ0n) is 13.4. The van der Waals surface area contributed by atoms with E-state index in [-0.39, 0.29) is 11.9 Å². The van der Waals surface area contributed by atoms with E-state index in [2.05, 4.69) is 9.97 Å². The summed E-state index contributed by atoms with van der Waals surface area (Å²) in [4.78, 5) is 23.5. The third kappa shape index (κ3) is 2.44. The molecule has 0 N–H and O–H groups in total. The first-order valence-corrected chi connectivity index (χ1v) is 8.43. The molecule has 2 aromatic heterocycles. The lowest BCUT2D eigenvalue weighted by atomic mass is 9.94. The van der Waals surface area contributed by atoms with E-state index in [1.54, 1.807) is 12.5 Å². The summed E-state index contributed by atoms with van der Waals surface area (Å²) < 4.78 is 5.89. The van der Waals surface area contributed by atoms with Crippen molar-refractivity contribution in [1.82, 2.24) is 14.9 Å². The lowest BCUT2D eigenvalue weighted by Crippen LogP contribution is -2.32. The molecular formula is C18H21N3O2. The van der Waals surface area contributed by atoms with E-state index in [4.69, 9.17) is 4.42 Å². The molecule has 1 saturated heterocycles. The molecule has 0 saturated carbocycles. The van der Waals surface area contributed by atoms with E-state index < -0.39 is 0 Å². The van der Waals surface area contributed by atoms with Crippen molar-refractivity contribution in [3.63, 3.8) is 0 Å². The van der Waals surface area contributed by atoms with Crippen molar-refractivity contribution in [3.8, 4) is 0 Å². The molecule has 5 nitrogen and oxygen atoms in total. The van der Waals surface area contributed by atoms with Gasteiger partial charge in [-0.15, -0.1) is 0 Å². The zero-order valence-corrected chi connectivity index (χ0v) is 13.4. The summed E-state index contributed by atoms with van der Waals surface area (Å²) in [6, 6.07) is 1.97. The number of aromatic nitrogens is 2. The summed E-state index contributed by atoms with van der Waals surface area (Å²) in [6.07, 6.45) is 9.48. The normalized spacial score (nSPS) is 20.6. The molecule has 2 aromatic rings. The Morgan fingerprint density at radius 1 is 1.30 bits per heavy atom. The monoisotopic (exact) mass is 311 g/mol. The van der Waals surface area contributed by atoms with Gasteiger partial charge in [0.25, 0.3) is 5.91 Å². The first kappa shape index (κ1) is 14.4. The number of nitrogens with zero attached hydrogens (tertiary/aromatic N) is 3. The Hall–Kier alpha value is -2.17. The third-order valence-electron chi connectivity index (χ3n) is 5.02. The highest BCUT2D eigenvalue weighted by molar-refractivity contribution is 5.97. The number of fused-ring (bicyclic) bond motifs is 1. The number of hydrogen-bond acceptors (Lipinski definition) is 4. The molecule has 0 aromatic carbocycles. The standard InChI is InChI=1S/C18H21N3O2/c1-12-17(13-5-2-3-7-16(13)23-12)18(22)21-10-4-6-15(21)14-8-9-19-11-20-14/h8-9,11,15H,2-7,10H2,1H3. The maximum atomic E-state index is 13.2. The quantitative estimate of drug-likeness (QED) is 0.854. The molecule has 1 unspecified atom stereocenters. The summed E-state index contributed by atoms with van der Waals surface area (Å²) in [5.41, 5.74) is 2.88. The largest absolute Gasteiger partial charge is 0.465 e. The summed E-state index contributed by atoms with van der Waals surface area (Å²) in [5, 5.41) is 0. The molecule has 5 heteroatoms. The van der Waals surface area contributed by atoms with Crippen LogP contribution < -0.4 is 0 Å². The number of aryl methyl sites for hydroxylation is 2. The summed E-state index contributed by atoms with van der Waals surface area (Å²) in [6.45, 7) is 2.70. The van der Waals surface area contributed by atoms with Gasteiger partial charge in [0.15, 0.2) is 0 Å². The molecule has 0 spiro atoms. The molecule has 0 radical (unpaired) electrons. The van der Waals surface area contributed by atoms with E-state index in [1.165, 1.54) is 0 Å². The number of amides is 1. The number of rotatable bonds is 2. The molecule has 1 fully saturated rings. The smallest absolute Gasteiger partial charge is 0.258 e. The maximum Gasteiger partial charge on any atom is 0.258 e. The molecule has 4 rings (SSSR count). The predicted octanol–water partition coefficient (Wildman–Crippen LogP) is 3.23. The van der Waals surface area contributed by atoms with Gasteiger partial charge in [-0.25, -0.2) is 9.97 Å². The highest BCUT2D eigenvalue weighted by Crippen LogP contribution is 2.36. The van der Waals surface area contributed by atoms with Crippen molar-refractivity contribution in [2.45, 2.75) is 51.5 Å². The lowest BCUT2D eigenvalue weighted by molar-refractivity contribution is 0.0730. The average Bonchev–Trinajstić information content (AvgIpc) is 3.18. The molecule has 23 heavy (non-hydrogen) atoms. The van der Waals surface area contributed by atoms with Crippen molar-refractivity contribution >= 4 is 5.91 Å². The van der Waals surface area contributed by atoms with E-state index >= 15 is 0 Å². The third-order valence-corrected chi connectivity index (χ3v) is 5.02. The van der Waals surface area contributed by atoms with Crippen LogP contribution in [0.1, 0.15) is 64.9 Å². The summed E-state index contributed by atoms with van der Waals surface area (Å²) >= 11 is 0. The van der Waals surface area contributed by atoms with Crippen LogP contribution in [0.5, 0.6) is 0 Å². The number of hydrogen-bond donors (Lipinski definition) is 0. The second-order valence-corrected chi connectivity index (χ2v) is 6.43. The Morgan fingerprint density at radius 3 is 3.00 bits per heavy atom. The van der Waals surface area contributed by atoms with Crippen LogP contribution in [0, 0.1) is 6.92 Å². The number of carbonyl (C=O) groups is 1. The van der Waals surface area contributed by atoms with Gasteiger partial charge in [-0.3, -0.25) is 4.79 Å². The Morgan fingerprint density at radius 2 is 2.17 bits per heavy atom. The SMILES string of the molecule is Cc1oc2c(c1C(=O)N1CCCC1c1ccncn1)CCCC2. The van der Waals surface area contributed by atoms with Gasteiger partial charge < -0.3 is 9.32 Å². The van der Waals surface area contributed by atoms with E-state index in [0.29, 0.717) is 0 Å². The van der Waals surface area contributed by atoms with Gasteiger partial charge >= 0.3 is 0 Å². The molecule has 120 valence electrons. The van der Waals surface area contributed by atoms with Gasteiger partial charge in [-0.2, -0.15) is 0 Å². The second kappa shape index (κ2) is 5.80. The Bertz CT molecular complexity index is 723. The van der Waals surface area contributed by atoms with Gasteiger partial charge in [0.05, 0.1) is 17.3 Å². The van der Waals surface area contributed by atoms with Gasteiger partial charge in [0, 0.05) is 24.7 Å². The van der Waals surface area contributed by atoms with Gasteiger partial charge in [0.2, 0.25) is 0 Å². The molecule has 1 aliphatic heterocycles. The van der Waals surface area contributed by atoms with E-state index in [1.807, 2.05) is 17.9 Å². The van der Waals surface area contributed by atoms with Gasteiger partial charge in [0.1, 0.15) is 17.8 Å². The fraction of sp³-hybridized carbons (Fsp3) is 0.500. The van der Waals surface area contributed by atoms with E-state index in [0.717, 1.165) is 73.4 Å². The summed E-state index contributed by atoms with van der Waals surface area (Å²) in [7, 11) is 0. The van der Waals surface area contributed by atoms with Gasteiger partial charge in [-0.1, -0.05) is 0 Å². The van der Waals surface area contributed by atoms with Crippen LogP contribution in [0.4, 0.5) is 0 Å². The van der Waals surface area contributed by atoms with Crippen LogP contribution >= 0.6 is 0 Å². The van der Waals surface area contributed by atoms with E-state index in [9.17, 15) is 4.79 Å². The van der Waals surface area contributed by atoms with Crippen molar-refractivity contribution < 1.29 is 9.21 Å². The van der Waals surface area contributed by atoms with Crippen LogP contribution in [0.2, 0.25) is 0 Å². The molecule has 2 aliphatic rings. The van der Waals surface area contributed by atoms with Crippen LogP contribution in [-0.4, -0.2) is 27.3 Å². The Balaban J connectivity index is 1.68. The molecular weight excluding hydrogens is 290 g/mol. The van der Waals surface area contributed by atoms with Gasteiger partial charge in [-0.05, 0) is 45.1 Å². The molecule has 3 heterocycles. The van der Waals surface area contributed by atoms with Crippen molar-refractivity contribution in [2.24, 2.45) is 0 Å². The molecule has 1 amide bonds. The zero-order chi connectivity index (χ0) is 15.8. The summed E-state index contributed by atoms with van der Waals surface area (Å²) in [5.74, 6) is 1.90. The van der Waals surface area contributed by atoms with Crippen LogP contribution in [0.25, 0.3) is 0 Å². The molecule has 0 bridgehead atoms. The second-order valence-electron chi connectivity index (χ2n) is 6.43. The van der Waals surface area contributed by atoms with Crippen LogP contribution in [0.3, 0.4) is 0 Å². The fourth-order valence-electron chi connectivity index (χ4n) is 3.94. The average molecular weight is 311 g/mol. The fourth-order valence-corrected chi connectivity index (χ4v) is 3.94. The first-order valence-electron chi connectivity index (χ1n) is 8.43. The highest BCUT2D eigenvalue weighted by atomic mass is 16.3. The predicted molar refractivity (Wildman–Crippen MR) is 85.1 cm³/mol. The number of furan rings is 1. The number of likely N-dealkylation sites (tertiary alicyclic amines) is 1.